The first-order valence-electron chi connectivity index (χ1n) is 2.57. The van der Waals surface area contributed by atoms with E-state index in [-0.39, 0.29) is 149 Å². The van der Waals surface area contributed by atoms with Gasteiger partial charge >= 0.3 is 65.6 Å². The summed E-state index contributed by atoms with van der Waals surface area (Å²) in [6, 6.07) is 8.67. The molecule has 0 aromatic heterocycles. The number of aryl methyl sites for hydroxylation is 1. The molecule has 0 heterocycles. The van der Waals surface area contributed by atoms with E-state index in [1.807, 2.05) is 0 Å². The van der Waals surface area contributed by atoms with Crippen LogP contribution in [0.15, 0.2) is 24.3 Å². The van der Waals surface area contributed by atoms with E-state index in [0.717, 1.165) is 0 Å². The summed E-state index contributed by atoms with van der Waals surface area (Å²) in [5, 5.41) is 0. The normalized spacial score (nSPS) is 5.29. The molecule has 0 bridgehead atoms. The maximum absolute atomic E-state index is 2.18. The van der Waals surface area contributed by atoms with Gasteiger partial charge in [-0.15, -0.1) is 0 Å². The Balaban J connectivity index is -0.0000000267. The number of rotatable bonds is 0. The maximum atomic E-state index is 2.18. The summed E-state index contributed by atoms with van der Waals surface area (Å²) in [4.78, 5) is 0. The molecule has 0 aliphatic heterocycles. The molecule has 1 aromatic carbocycles. The van der Waals surface area contributed by atoms with Gasteiger partial charge in [0, 0.05) is 132 Å². The Hall–Kier alpha value is 4.35. The fraction of sp³-hybridized carbons (Fsp3) is 0.143. The van der Waals surface area contributed by atoms with Gasteiger partial charge in [0.2, 0.25) is 0 Å². The van der Waals surface area contributed by atoms with Crippen molar-refractivity contribution in [3.63, 3.8) is 0 Å². The van der Waals surface area contributed by atoms with Crippen molar-refractivity contribution in [3.8, 4) is 0 Å². The minimum absolute atomic E-state index is 0. The Morgan fingerprint density at radius 1 is 0.786 bits per heavy atom. The van der Waals surface area contributed by atoms with Crippen LogP contribution in [0.3, 0.4) is 0 Å². The second kappa shape index (κ2) is 22.5. The van der Waals surface area contributed by atoms with Gasteiger partial charge in [-0.05, 0) is 0 Å². The van der Waals surface area contributed by atoms with Crippen LogP contribution < -0.4 is 3.12 Å². The number of hydrogen-bond donors (Lipinski definition) is 0. The number of benzene rings is 1. The number of hydrogen-bond acceptors (Lipinski definition) is 0. The van der Waals surface area contributed by atoms with Crippen LogP contribution in [0.2, 0.25) is 0 Å². The molecular formula is C7H13Ac3O3Pb. The van der Waals surface area contributed by atoms with Crippen molar-refractivity contribution >= 4 is 28.9 Å². The van der Waals surface area contributed by atoms with Crippen molar-refractivity contribution in [2.75, 3.05) is 0 Å². The SMILES string of the molecule is Cc1cc[c]([Pb])cc1.O.O.O.[Ac].[Ac].[Ac]. The fourth-order valence-electron chi connectivity index (χ4n) is 0.554. The fourth-order valence-corrected chi connectivity index (χ4v) is 1.20. The molecule has 0 saturated heterocycles. The molecule has 1 rings (SSSR count). The van der Waals surface area contributed by atoms with Crippen LogP contribution in [0.4, 0.5) is 0 Å². The molecule has 0 aliphatic rings. The zero-order chi connectivity index (χ0) is 5.98. The zero-order valence-electron chi connectivity index (χ0n) is 8.04. The Kier molecular flexibility index (Phi) is 58.3. The molecule has 0 amide bonds. The van der Waals surface area contributed by atoms with E-state index in [2.05, 4.69) is 31.2 Å². The van der Waals surface area contributed by atoms with Crippen LogP contribution in [0.25, 0.3) is 0 Å². The van der Waals surface area contributed by atoms with E-state index in [1.165, 1.54) is 34.5 Å². The minimum Gasteiger partial charge on any atom is -0.412 e. The summed E-state index contributed by atoms with van der Waals surface area (Å²) in [6.45, 7) is 2.11. The molecule has 6 N–H and O–H groups in total. The maximum Gasteiger partial charge on any atom is 0 e. The summed E-state index contributed by atoms with van der Waals surface area (Å²) < 4.78 is 1.47. The molecule has 0 fully saturated rings. The Labute approximate surface area is 208 Å². The Bertz CT molecular complexity index is 163. The molecular weight excluding hydrogens is 1020 g/mol. The first kappa shape index (κ1) is 36.2. The first-order chi connectivity index (χ1) is 3.79. The topological polar surface area (TPSA) is 94.5 Å². The molecule has 0 unspecified atom stereocenters. The third-order valence-electron chi connectivity index (χ3n) is 1.05. The molecule has 6 radical (unpaired) electrons. The van der Waals surface area contributed by atoms with Gasteiger partial charge in [0.25, 0.3) is 0 Å². The predicted molar refractivity (Wildman–Crippen MR) is 47.4 cm³/mol. The molecule has 0 atom stereocenters. The van der Waals surface area contributed by atoms with Crippen molar-refractivity contribution < 1.29 is 149 Å². The summed E-state index contributed by atoms with van der Waals surface area (Å²) >= 11 is 1.17. The predicted octanol–water partition coefficient (Wildman–Crippen LogP) is -1.69. The zero-order valence-corrected chi connectivity index (χ0v) is 26.2. The minimum atomic E-state index is 0. The van der Waals surface area contributed by atoms with Crippen molar-refractivity contribution in [3.05, 3.63) is 29.8 Å². The van der Waals surface area contributed by atoms with Crippen LogP contribution in [0, 0.1) is 139 Å². The second-order valence-electron chi connectivity index (χ2n) is 1.87. The summed E-state index contributed by atoms with van der Waals surface area (Å²) in [5.74, 6) is 0. The van der Waals surface area contributed by atoms with E-state index in [0.29, 0.717) is 0 Å². The average Bonchev–Trinajstić information content (AvgIpc) is 1.77. The van der Waals surface area contributed by atoms with Gasteiger partial charge in [0.05, 0.1) is 0 Å². The molecule has 7 heteroatoms. The van der Waals surface area contributed by atoms with Crippen LogP contribution in [0.5, 0.6) is 0 Å². The largest absolute Gasteiger partial charge is 0.412 e. The van der Waals surface area contributed by atoms with Crippen molar-refractivity contribution in [1.29, 1.82) is 0 Å². The van der Waals surface area contributed by atoms with Gasteiger partial charge in [0.15, 0.2) is 0 Å². The van der Waals surface area contributed by atoms with Crippen molar-refractivity contribution in [1.82, 2.24) is 0 Å². The smallest absolute Gasteiger partial charge is 0 e. The second-order valence-corrected chi connectivity index (χ2v) is 4.11. The van der Waals surface area contributed by atoms with Gasteiger partial charge < -0.3 is 16.4 Å². The molecule has 3 nitrogen and oxygen atoms in total. The van der Waals surface area contributed by atoms with E-state index in [4.69, 9.17) is 0 Å². The third-order valence-corrected chi connectivity index (χ3v) is 2.35. The van der Waals surface area contributed by atoms with E-state index in [9.17, 15) is 0 Å². The standard InChI is InChI=1S/C7H7.3Ac.3H2O.Pb/c1-7-5-3-2-4-6-7;;;;;;;/h3-6H,1H3;;;;3*1H2;. The van der Waals surface area contributed by atoms with Crippen molar-refractivity contribution in [2.45, 2.75) is 6.92 Å². The van der Waals surface area contributed by atoms with E-state index in [1.54, 1.807) is 0 Å². The van der Waals surface area contributed by atoms with Gasteiger partial charge in [-0.1, -0.05) is 0 Å². The Morgan fingerprint density at radius 2 is 1.07 bits per heavy atom. The van der Waals surface area contributed by atoms with E-state index >= 15 is 0 Å². The Morgan fingerprint density at radius 3 is 1.29 bits per heavy atom. The monoisotopic (exact) mass is 1030 g/mol. The van der Waals surface area contributed by atoms with E-state index < -0.39 is 0 Å². The van der Waals surface area contributed by atoms with Gasteiger partial charge in [0.1, 0.15) is 0 Å². The summed E-state index contributed by atoms with van der Waals surface area (Å²) in [7, 11) is 0. The summed E-state index contributed by atoms with van der Waals surface area (Å²) in [6.07, 6.45) is 0. The van der Waals surface area contributed by atoms with Crippen molar-refractivity contribution in [2.24, 2.45) is 0 Å². The first-order valence-corrected chi connectivity index (χ1v) is 4.52. The third kappa shape index (κ3) is 18.7. The summed E-state index contributed by atoms with van der Waals surface area (Å²) in [5.41, 5.74) is 1.35. The molecule has 0 aliphatic carbocycles. The van der Waals surface area contributed by atoms with Gasteiger partial charge in [-0.3, -0.25) is 0 Å². The quantitative estimate of drug-likeness (QED) is 0.278. The van der Waals surface area contributed by atoms with Crippen LogP contribution in [-0.2, 0) is 0 Å². The van der Waals surface area contributed by atoms with Crippen LogP contribution in [0.1, 0.15) is 5.56 Å². The molecule has 72 valence electrons. The van der Waals surface area contributed by atoms with Crippen LogP contribution in [-0.4, -0.2) is 42.2 Å². The molecule has 0 spiro atoms. The molecule has 14 heavy (non-hydrogen) atoms. The average molecular weight is 1030 g/mol. The molecule has 0 saturated carbocycles. The van der Waals surface area contributed by atoms with Crippen LogP contribution >= 0.6 is 0 Å². The molecule has 1 aromatic rings. The van der Waals surface area contributed by atoms with Gasteiger partial charge in [-0.2, -0.15) is 0 Å². The van der Waals surface area contributed by atoms with Gasteiger partial charge in [-0.25, -0.2) is 0 Å².